The molecule has 1 fully saturated rings. The second-order valence-electron chi connectivity index (χ2n) is 8.39. The van der Waals surface area contributed by atoms with Gasteiger partial charge in [-0.05, 0) is 56.5 Å². The van der Waals surface area contributed by atoms with E-state index in [2.05, 4.69) is 4.90 Å². The number of carboxylic acid groups (broad SMARTS) is 1. The molecule has 0 unspecified atom stereocenters. The summed E-state index contributed by atoms with van der Waals surface area (Å²) in [4.78, 5) is 14.2. The van der Waals surface area contributed by atoms with Crippen LogP contribution < -0.4 is 4.74 Å². The molecule has 6 heteroatoms. The zero-order chi connectivity index (χ0) is 21.7. The van der Waals surface area contributed by atoms with Crippen LogP contribution in [0.3, 0.4) is 0 Å². The Bertz CT molecular complexity index is 854. The molecule has 0 amide bonds. The molecule has 6 nitrogen and oxygen atoms in total. The molecule has 0 aromatic heterocycles. The van der Waals surface area contributed by atoms with Gasteiger partial charge in [0.2, 0.25) is 0 Å². The van der Waals surface area contributed by atoms with E-state index in [1.54, 1.807) is 0 Å². The van der Waals surface area contributed by atoms with Gasteiger partial charge in [0.05, 0.1) is 18.8 Å². The minimum atomic E-state index is -1.18. The molecule has 162 valence electrons. The van der Waals surface area contributed by atoms with Crippen molar-refractivity contribution in [3.05, 3.63) is 65.2 Å². The highest BCUT2D eigenvalue weighted by molar-refractivity contribution is 5.76. The largest absolute Gasteiger partial charge is 0.491 e. The number of aliphatic hydroxyl groups is 2. The van der Waals surface area contributed by atoms with E-state index in [1.807, 2.05) is 62.4 Å². The third-order valence-electron chi connectivity index (χ3n) is 5.80. The number of likely N-dealkylation sites (tertiary alicyclic amines) is 1. The molecule has 1 saturated heterocycles. The molecule has 3 N–H and O–H groups in total. The maximum atomic E-state index is 12.1. The summed E-state index contributed by atoms with van der Waals surface area (Å²) < 4.78 is 5.73. The number of carboxylic acids is 1. The molecular formula is C24H31NO5. The maximum Gasteiger partial charge on any atom is 0.312 e. The van der Waals surface area contributed by atoms with Crippen LogP contribution in [0.25, 0.3) is 0 Å². The predicted molar refractivity (Wildman–Crippen MR) is 114 cm³/mol. The summed E-state index contributed by atoms with van der Waals surface area (Å²) >= 11 is 0. The highest BCUT2D eigenvalue weighted by atomic mass is 16.5. The van der Waals surface area contributed by atoms with Crippen LogP contribution >= 0.6 is 0 Å². The van der Waals surface area contributed by atoms with E-state index in [0.29, 0.717) is 31.7 Å². The van der Waals surface area contributed by atoms with Gasteiger partial charge in [0.25, 0.3) is 0 Å². The van der Waals surface area contributed by atoms with Crippen molar-refractivity contribution in [2.75, 3.05) is 13.1 Å². The first-order valence-electron chi connectivity index (χ1n) is 10.4. The van der Waals surface area contributed by atoms with E-state index < -0.39 is 17.5 Å². The van der Waals surface area contributed by atoms with Crippen molar-refractivity contribution in [1.82, 2.24) is 4.90 Å². The average Bonchev–Trinajstić information content (AvgIpc) is 2.71. The fraction of sp³-hybridized carbons (Fsp3) is 0.458. The highest BCUT2D eigenvalue weighted by Gasteiger charge is 2.48. The van der Waals surface area contributed by atoms with Gasteiger partial charge in [-0.2, -0.15) is 0 Å². The first kappa shape index (κ1) is 22.3. The third kappa shape index (κ3) is 5.01. The minimum absolute atomic E-state index is 0.0205. The van der Waals surface area contributed by atoms with Crippen molar-refractivity contribution in [3.63, 3.8) is 0 Å². The Kier molecular flexibility index (Phi) is 7.13. The summed E-state index contributed by atoms with van der Waals surface area (Å²) in [6.07, 6.45) is -0.259. The van der Waals surface area contributed by atoms with Crippen molar-refractivity contribution in [3.8, 4) is 5.75 Å². The van der Waals surface area contributed by atoms with Gasteiger partial charge in [-0.25, -0.2) is 0 Å². The van der Waals surface area contributed by atoms with Gasteiger partial charge in [0, 0.05) is 18.7 Å². The number of aliphatic hydroxyl groups excluding tert-OH is 2. The van der Waals surface area contributed by atoms with Gasteiger partial charge in [-0.3, -0.25) is 9.69 Å². The molecule has 30 heavy (non-hydrogen) atoms. The van der Waals surface area contributed by atoms with Gasteiger partial charge in [-0.1, -0.05) is 36.4 Å². The number of piperidine rings is 1. The lowest BCUT2D eigenvalue weighted by molar-refractivity contribution is -0.163. The van der Waals surface area contributed by atoms with E-state index >= 15 is 0 Å². The minimum Gasteiger partial charge on any atom is -0.491 e. The quantitative estimate of drug-likeness (QED) is 0.617. The molecule has 1 heterocycles. The summed E-state index contributed by atoms with van der Waals surface area (Å²) in [6, 6.07) is 15.2. The molecule has 1 aliphatic rings. The van der Waals surface area contributed by atoms with Crippen molar-refractivity contribution in [2.24, 2.45) is 5.41 Å². The molecule has 0 aliphatic carbocycles. The molecule has 0 spiro atoms. The average molecular weight is 414 g/mol. The molecule has 0 saturated carbocycles. The maximum absolute atomic E-state index is 12.1. The van der Waals surface area contributed by atoms with Crippen molar-refractivity contribution < 1.29 is 24.9 Å². The fourth-order valence-corrected chi connectivity index (χ4v) is 4.15. The number of aliphatic carboxylic acids is 1. The second-order valence-corrected chi connectivity index (χ2v) is 8.39. The lowest BCUT2D eigenvalue weighted by Gasteiger charge is -2.43. The first-order valence-corrected chi connectivity index (χ1v) is 10.4. The Balaban J connectivity index is 1.70. The molecule has 3 rings (SSSR count). The van der Waals surface area contributed by atoms with Crippen LogP contribution in [-0.4, -0.2) is 51.5 Å². The summed E-state index contributed by atoms with van der Waals surface area (Å²) in [5, 5.41) is 30.5. The molecule has 1 aliphatic heterocycles. The number of β-amino-alcohol motifs (C(OH)–C–C–N with tert-alkyl or cyclic N) is 1. The van der Waals surface area contributed by atoms with Gasteiger partial charge < -0.3 is 20.1 Å². The molecule has 2 aromatic carbocycles. The van der Waals surface area contributed by atoms with Crippen LogP contribution in [0.4, 0.5) is 0 Å². The number of nitrogens with zero attached hydrogens (tertiary/aromatic N) is 1. The Hall–Kier alpha value is -2.41. The van der Waals surface area contributed by atoms with E-state index in [0.717, 1.165) is 16.7 Å². The predicted octanol–water partition coefficient (Wildman–Crippen LogP) is 2.85. The van der Waals surface area contributed by atoms with Gasteiger partial charge in [-0.15, -0.1) is 0 Å². The van der Waals surface area contributed by atoms with Crippen LogP contribution in [0, 0.1) is 5.41 Å². The Morgan fingerprint density at radius 2 is 1.93 bits per heavy atom. The summed E-state index contributed by atoms with van der Waals surface area (Å²) in [5.41, 5.74) is 1.46. The van der Waals surface area contributed by atoms with Crippen LogP contribution in [0.2, 0.25) is 0 Å². The lowest BCUT2D eigenvalue weighted by atomic mass is 9.71. The molecule has 2 atom stereocenters. The van der Waals surface area contributed by atoms with Crippen molar-refractivity contribution in [1.29, 1.82) is 0 Å². The number of benzene rings is 2. The van der Waals surface area contributed by atoms with Crippen LogP contribution in [0.15, 0.2) is 48.5 Å². The fourth-order valence-electron chi connectivity index (χ4n) is 4.15. The van der Waals surface area contributed by atoms with Crippen LogP contribution in [-0.2, 0) is 24.4 Å². The molecule has 2 aromatic rings. The number of hydrogen-bond acceptors (Lipinski definition) is 5. The Morgan fingerprint density at radius 3 is 2.53 bits per heavy atom. The lowest BCUT2D eigenvalue weighted by Crippen LogP contribution is -2.55. The van der Waals surface area contributed by atoms with Gasteiger partial charge in [0.15, 0.2) is 0 Å². The van der Waals surface area contributed by atoms with E-state index in [1.165, 1.54) is 0 Å². The zero-order valence-corrected chi connectivity index (χ0v) is 17.6. The number of ether oxygens (including phenoxy) is 1. The number of hydrogen-bond donors (Lipinski definition) is 3. The molecular weight excluding hydrogens is 382 g/mol. The van der Waals surface area contributed by atoms with Crippen molar-refractivity contribution >= 4 is 5.97 Å². The van der Waals surface area contributed by atoms with E-state index in [4.69, 9.17) is 4.74 Å². The molecule has 0 bridgehead atoms. The summed E-state index contributed by atoms with van der Waals surface area (Å²) in [5.74, 6) is -0.279. The van der Waals surface area contributed by atoms with Crippen molar-refractivity contribution in [2.45, 2.75) is 52.0 Å². The number of rotatable bonds is 8. The zero-order valence-electron chi connectivity index (χ0n) is 17.6. The summed E-state index contributed by atoms with van der Waals surface area (Å²) in [7, 11) is 0. The van der Waals surface area contributed by atoms with Gasteiger partial charge in [0.1, 0.15) is 11.2 Å². The highest BCUT2D eigenvalue weighted by Crippen LogP contribution is 2.36. The second kappa shape index (κ2) is 9.60. The topological polar surface area (TPSA) is 90.2 Å². The Labute approximate surface area is 177 Å². The normalized spacial score (nSPS) is 22.2. The monoisotopic (exact) mass is 413 g/mol. The standard InChI is InChI=1S/C24H31NO5/c1-17(2)30-21-9-8-19(12-20(21)16-26)14-25-11-10-24(23(28)29,22(27)15-25)13-18-6-4-3-5-7-18/h3-9,12,17,22,26-27H,10-11,13-16H2,1-2H3,(H,28,29)/t22-,24+/m0/s1. The first-order chi connectivity index (χ1) is 14.3. The summed E-state index contributed by atoms with van der Waals surface area (Å²) in [6.45, 7) is 5.21. The Morgan fingerprint density at radius 1 is 1.20 bits per heavy atom. The van der Waals surface area contributed by atoms with E-state index in [-0.39, 0.29) is 19.3 Å². The van der Waals surface area contributed by atoms with Gasteiger partial charge >= 0.3 is 5.97 Å². The smallest absolute Gasteiger partial charge is 0.312 e. The van der Waals surface area contributed by atoms with E-state index in [9.17, 15) is 20.1 Å². The molecule has 0 radical (unpaired) electrons. The third-order valence-corrected chi connectivity index (χ3v) is 5.80. The number of carbonyl (C=O) groups is 1. The SMILES string of the molecule is CC(C)Oc1ccc(CN2CC[C@](Cc3ccccc3)(C(=O)O)[C@@H](O)C2)cc1CO. The van der Waals surface area contributed by atoms with Crippen LogP contribution in [0.1, 0.15) is 37.0 Å². The van der Waals surface area contributed by atoms with Crippen LogP contribution in [0.5, 0.6) is 5.75 Å².